The highest BCUT2D eigenvalue weighted by Crippen LogP contribution is 2.47. The van der Waals surface area contributed by atoms with Crippen molar-refractivity contribution in [3.05, 3.63) is 101 Å². The maximum atomic E-state index is 2.39. The van der Waals surface area contributed by atoms with E-state index < -0.39 is 0 Å². The molecule has 0 amide bonds. The minimum Gasteiger partial charge on any atom is -0.0720 e. The predicted molar refractivity (Wildman–Crippen MR) is 108 cm³/mol. The molecule has 2 aliphatic carbocycles. The molecule has 0 spiro atoms. The molecule has 0 N–H and O–H groups in total. The third-order valence-electron chi connectivity index (χ3n) is 5.67. The molecule has 0 saturated heterocycles. The molecule has 0 fully saturated rings. The van der Waals surface area contributed by atoms with Gasteiger partial charge in [-0.05, 0) is 55.4 Å². The molecule has 0 bridgehead atoms. The average Bonchev–Trinajstić information content (AvgIpc) is 3.04. The number of rotatable bonds is 1. The van der Waals surface area contributed by atoms with Crippen LogP contribution in [0.25, 0.3) is 39.3 Å². The van der Waals surface area contributed by atoms with Crippen molar-refractivity contribution in [3.8, 4) is 0 Å². The van der Waals surface area contributed by atoms with Gasteiger partial charge in [-0.1, -0.05) is 84.9 Å². The Bertz CT molecular complexity index is 1230. The molecule has 0 heteroatoms. The lowest BCUT2D eigenvalue weighted by molar-refractivity contribution is 1.13. The summed E-state index contributed by atoms with van der Waals surface area (Å²) in [5.41, 5.74) is 6.91. The second-order valence-electron chi connectivity index (χ2n) is 6.98. The fourth-order valence-electron chi connectivity index (χ4n) is 4.61. The Balaban J connectivity index is 1.63. The summed E-state index contributed by atoms with van der Waals surface area (Å²) in [6.45, 7) is 0. The topological polar surface area (TPSA) is 0 Å². The van der Waals surface area contributed by atoms with Gasteiger partial charge in [0.05, 0.1) is 0 Å². The summed E-state index contributed by atoms with van der Waals surface area (Å²) in [6, 6.07) is 26.6. The van der Waals surface area contributed by atoms with Crippen LogP contribution in [-0.2, 0) is 0 Å². The van der Waals surface area contributed by atoms with E-state index in [1.165, 1.54) is 49.4 Å². The fourth-order valence-corrected chi connectivity index (χ4v) is 4.61. The lowest BCUT2D eigenvalue weighted by Crippen LogP contribution is -2.03. The van der Waals surface area contributed by atoms with Crippen molar-refractivity contribution in [1.82, 2.24) is 0 Å². The van der Waals surface area contributed by atoms with Gasteiger partial charge < -0.3 is 0 Å². The van der Waals surface area contributed by atoms with Crippen LogP contribution in [0, 0.1) is 0 Å². The van der Waals surface area contributed by atoms with Crippen molar-refractivity contribution >= 4 is 39.3 Å². The minimum atomic E-state index is 0.316. The number of allylic oxidation sites excluding steroid dienone is 2. The quantitative estimate of drug-likeness (QED) is 0.368. The van der Waals surface area contributed by atoms with E-state index in [1.807, 2.05) is 0 Å². The summed E-state index contributed by atoms with van der Waals surface area (Å²) >= 11 is 0. The monoisotopic (exact) mass is 316 g/mol. The maximum Gasteiger partial charge on any atom is 0.0285 e. The Morgan fingerprint density at radius 2 is 1.28 bits per heavy atom. The van der Waals surface area contributed by atoms with Crippen molar-refractivity contribution in [2.45, 2.75) is 5.92 Å². The molecule has 0 heterocycles. The Hall–Kier alpha value is -3.12. The summed E-state index contributed by atoms with van der Waals surface area (Å²) < 4.78 is 0. The van der Waals surface area contributed by atoms with Gasteiger partial charge in [0.15, 0.2) is 0 Å². The van der Waals surface area contributed by atoms with Gasteiger partial charge in [-0.15, -0.1) is 0 Å². The highest BCUT2D eigenvalue weighted by molar-refractivity contribution is 6.12. The second kappa shape index (κ2) is 4.70. The average molecular weight is 316 g/mol. The fraction of sp³-hybridized carbons (Fsp3) is 0.0400. The van der Waals surface area contributed by atoms with E-state index in [-0.39, 0.29) is 0 Å². The van der Waals surface area contributed by atoms with Gasteiger partial charge in [0.25, 0.3) is 0 Å². The predicted octanol–water partition coefficient (Wildman–Crippen LogP) is 6.66. The Morgan fingerprint density at radius 1 is 0.600 bits per heavy atom. The van der Waals surface area contributed by atoms with E-state index in [4.69, 9.17) is 0 Å². The standard InChI is InChI=1S/C25H16/c1-5-16-8-3-11-21-20(14-13-18(7-1)24(16)21)23-15-19-10-2-6-17-9-4-12-22(23)25(17)19/h1-15,20H. The van der Waals surface area contributed by atoms with Crippen LogP contribution < -0.4 is 0 Å². The smallest absolute Gasteiger partial charge is 0.0285 e. The number of hydrogen-bond acceptors (Lipinski definition) is 0. The SMILES string of the molecule is C1=CC(C2=Cc3cccc4cccc2c34)c2cccc3cccc1c23. The molecule has 4 aromatic rings. The normalized spacial score (nSPS) is 17.3. The van der Waals surface area contributed by atoms with Crippen molar-refractivity contribution in [1.29, 1.82) is 0 Å². The van der Waals surface area contributed by atoms with Crippen LogP contribution in [0.1, 0.15) is 28.2 Å². The molecule has 0 saturated carbocycles. The lowest BCUT2D eigenvalue weighted by Gasteiger charge is -2.23. The van der Waals surface area contributed by atoms with Gasteiger partial charge in [-0.2, -0.15) is 0 Å². The van der Waals surface area contributed by atoms with E-state index in [0.29, 0.717) is 5.92 Å². The van der Waals surface area contributed by atoms with Crippen molar-refractivity contribution in [3.63, 3.8) is 0 Å². The molecule has 1 unspecified atom stereocenters. The summed E-state index contributed by atoms with van der Waals surface area (Å²) in [7, 11) is 0. The molecule has 0 aliphatic heterocycles. The van der Waals surface area contributed by atoms with Gasteiger partial charge in [-0.25, -0.2) is 0 Å². The third kappa shape index (κ3) is 1.71. The highest BCUT2D eigenvalue weighted by Gasteiger charge is 2.26. The second-order valence-corrected chi connectivity index (χ2v) is 6.98. The van der Waals surface area contributed by atoms with Crippen molar-refractivity contribution < 1.29 is 0 Å². The molecule has 6 rings (SSSR count). The van der Waals surface area contributed by atoms with Gasteiger partial charge in [0.1, 0.15) is 0 Å². The molecule has 0 aromatic heterocycles. The van der Waals surface area contributed by atoms with Crippen LogP contribution in [0.15, 0.2) is 78.9 Å². The summed E-state index contributed by atoms with van der Waals surface area (Å²) in [5, 5.41) is 5.47. The molecule has 116 valence electrons. The van der Waals surface area contributed by atoms with Gasteiger partial charge in [-0.3, -0.25) is 0 Å². The zero-order valence-electron chi connectivity index (χ0n) is 13.7. The van der Waals surface area contributed by atoms with Crippen LogP contribution in [0.4, 0.5) is 0 Å². The first-order valence-corrected chi connectivity index (χ1v) is 8.84. The Labute approximate surface area is 146 Å². The van der Waals surface area contributed by atoms with Crippen LogP contribution in [0.3, 0.4) is 0 Å². The summed E-state index contributed by atoms with van der Waals surface area (Å²) in [6.07, 6.45) is 7.05. The molecular formula is C25H16. The van der Waals surface area contributed by atoms with Crippen LogP contribution >= 0.6 is 0 Å². The molecule has 0 radical (unpaired) electrons. The molecule has 0 nitrogen and oxygen atoms in total. The van der Waals surface area contributed by atoms with E-state index in [9.17, 15) is 0 Å². The van der Waals surface area contributed by atoms with E-state index in [2.05, 4.69) is 91.0 Å². The first kappa shape index (κ1) is 13.2. The van der Waals surface area contributed by atoms with E-state index in [1.54, 1.807) is 0 Å². The van der Waals surface area contributed by atoms with Crippen LogP contribution in [-0.4, -0.2) is 0 Å². The summed E-state index contributed by atoms with van der Waals surface area (Å²) in [4.78, 5) is 0. The third-order valence-corrected chi connectivity index (χ3v) is 5.67. The van der Waals surface area contributed by atoms with Crippen molar-refractivity contribution in [2.24, 2.45) is 0 Å². The van der Waals surface area contributed by atoms with Gasteiger partial charge in [0.2, 0.25) is 0 Å². The van der Waals surface area contributed by atoms with Gasteiger partial charge >= 0.3 is 0 Å². The Morgan fingerprint density at radius 3 is 2.12 bits per heavy atom. The Kier molecular flexibility index (Phi) is 2.48. The molecule has 2 aliphatic rings. The van der Waals surface area contributed by atoms with E-state index >= 15 is 0 Å². The number of benzene rings is 4. The molecule has 25 heavy (non-hydrogen) atoms. The first-order valence-electron chi connectivity index (χ1n) is 8.84. The zero-order chi connectivity index (χ0) is 16.4. The molecular weight excluding hydrogens is 300 g/mol. The van der Waals surface area contributed by atoms with Crippen molar-refractivity contribution in [2.75, 3.05) is 0 Å². The number of hydrogen-bond donors (Lipinski definition) is 0. The maximum absolute atomic E-state index is 2.39. The largest absolute Gasteiger partial charge is 0.0720 e. The minimum absolute atomic E-state index is 0.316. The van der Waals surface area contributed by atoms with Crippen LogP contribution in [0.5, 0.6) is 0 Å². The first-order chi connectivity index (χ1) is 12.4. The van der Waals surface area contributed by atoms with Gasteiger partial charge in [0, 0.05) is 5.92 Å². The van der Waals surface area contributed by atoms with E-state index in [0.717, 1.165) is 0 Å². The van der Waals surface area contributed by atoms with Crippen LogP contribution in [0.2, 0.25) is 0 Å². The molecule has 1 atom stereocenters. The highest BCUT2D eigenvalue weighted by atomic mass is 14.3. The zero-order valence-corrected chi connectivity index (χ0v) is 13.7. The summed E-state index contributed by atoms with van der Waals surface area (Å²) in [5.74, 6) is 0.316. The lowest BCUT2D eigenvalue weighted by atomic mass is 9.80. The molecule has 4 aromatic carbocycles.